The number of fused-ring (bicyclic) bond motifs is 1. The van der Waals surface area contributed by atoms with Gasteiger partial charge in [0.15, 0.2) is 0 Å². The minimum Gasteiger partial charge on any atom is -0.460 e. The van der Waals surface area contributed by atoms with Crippen molar-refractivity contribution in [3.05, 3.63) is 54.1 Å². The Balaban J connectivity index is 1.70. The number of nitrogens with zero attached hydrogens (tertiary/aromatic N) is 2. The fraction of sp³-hybridized carbons (Fsp3) is 0.188. The van der Waals surface area contributed by atoms with E-state index in [-0.39, 0.29) is 17.0 Å². The van der Waals surface area contributed by atoms with Crippen molar-refractivity contribution in [1.82, 2.24) is 13.5 Å². The first-order valence-corrected chi connectivity index (χ1v) is 9.63. The largest absolute Gasteiger partial charge is 0.460 e. The molecule has 0 aliphatic rings. The topological polar surface area (TPSA) is 98.3 Å². The van der Waals surface area contributed by atoms with Gasteiger partial charge in [0.25, 0.3) is 0 Å². The van der Waals surface area contributed by atoms with Crippen LogP contribution in [0.4, 0.5) is 0 Å². The molecule has 0 amide bonds. The molecule has 0 radical (unpaired) electrons. The van der Waals surface area contributed by atoms with Crippen LogP contribution in [0.5, 0.6) is 0 Å². The molecule has 1 unspecified atom stereocenters. The number of benzene rings is 2. The summed E-state index contributed by atoms with van der Waals surface area (Å²) in [5.74, 6) is -0.656. The lowest BCUT2D eigenvalue weighted by molar-refractivity contribution is -0.146. The Labute approximate surface area is 149 Å². The lowest BCUT2D eigenvalue weighted by Crippen LogP contribution is -2.39. The van der Waals surface area contributed by atoms with Crippen LogP contribution in [-0.4, -0.2) is 29.2 Å². The van der Waals surface area contributed by atoms with Gasteiger partial charge in [-0.3, -0.25) is 4.79 Å². The predicted octanol–water partition coefficient (Wildman–Crippen LogP) is 2.10. The first kappa shape index (κ1) is 17.5. The number of carbonyl (C=O) groups excluding carboxylic acids is 1. The second-order valence-electron chi connectivity index (χ2n) is 5.32. The van der Waals surface area contributed by atoms with Gasteiger partial charge >= 0.3 is 5.97 Å². The quantitative estimate of drug-likeness (QED) is 0.661. The van der Waals surface area contributed by atoms with Crippen molar-refractivity contribution in [2.45, 2.75) is 24.5 Å². The van der Waals surface area contributed by atoms with Gasteiger partial charge in [0.1, 0.15) is 28.6 Å². The Bertz CT molecular complexity index is 987. The number of nitrogens with one attached hydrogen (secondary N) is 1. The van der Waals surface area contributed by atoms with Gasteiger partial charge in [-0.05, 0) is 24.6 Å². The highest BCUT2D eigenvalue weighted by Crippen LogP contribution is 2.21. The highest BCUT2D eigenvalue weighted by Gasteiger charge is 2.25. The normalized spacial score (nSPS) is 12.8. The van der Waals surface area contributed by atoms with Crippen LogP contribution in [0.15, 0.2) is 53.4 Å². The Hall–Kier alpha value is -2.36. The summed E-state index contributed by atoms with van der Waals surface area (Å²) in [5.41, 5.74) is 1.60. The second kappa shape index (κ2) is 7.26. The molecule has 3 aromatic rings. The molecule has 0 aliphatic heterocycles. The lowest BCUT2D eigenvalue weighted by atomic mass is 10.2. The van der Waals surface area contributed by atoms with Gasteiger partial charge in [-0.2, -0.15) is 13.5 Å². The van der Waals surface area contributed by atoms with Gasteiger partial charge in [-0.15, -0.1) is 0 Å². The smallest absolute Gasteiger partial charge is 0.324 e. The van der Waals surface area contributed by atoms with Crippen LogP contribution in [0.25, 0.3) is 11.0 Å². The van der Waals surface area contributed by atoms with Gasteiger partial charge in [0.05, 0.1) is 11.7 Å². The van der Waals surface area contributed by atoms with Crippen LogP contribution < -0.4 is 4.72 Å². The van der Waals surface area contributed by atoms with Crippen LogP contribution in [0.2, 0.25) is 0 Å². The third-order valence-corrected chi connectivity index (χ3v) is 5.56. The van der Waals surface area contributed by atoms with Crippen LogP contribution in [0.3, 0.4) is 0 Å². The van der Waals surface area contributed by atoms with Gasteiger partial charge < -0.3 is 4.74 Å². The van der Waals surface area contributed by atoms with Crippen molar-refractivity contribution in [3.63, 3.8) is 0 Å². The van der Waals surface area contributed by atoms with E-state index in [2.05, 4.69) is 13.5 Å². The molecule has 2 aromatic carbocycles. The van der Waals surface area contributed by atoms with E-state index in [1.165, 1.54) is 13.0 Å². The molecule has 1 heterocycles. The third-order valence-electron chi connectivity index (χ3n) is 3.45. The molecule has 0 saturated heterocycles. The fourth-order valence-electron chi connectivity index (χ4n) is 2.20. The van der Waals surface area contributed by atoms with Crippen molar-refractivity contribution in [1.29, 1.82) is 0 Å². The Morgan fingerprint density at radius 3 is 2.68 bits per heavy atom. The van der Waals surface area contributed by atoms with E-state index < -0.39 is 22.0 Å². The molecule has 1 N–H and O–H groups in total. The summed E-state index contributed by atoms with van der Waals surface area (Å²) < 4.78 is 40.6. The summed E-state index contributed by atoms with van der Waals surface area (Å²) in [6, 6.07) is 12.8. The number of rotatable bonds is 6. The monoisotopic (exact) mass is 377 g/mol. The van der Waals surface area contributed by atoms with Crippen molar-refractivity contribution >= 4 is 38.8 Å². The van der Waals surface area contributed by atoms with E-state index >= 15 is 0 Å². The molecule has 1 atom stereocenters. The maximum absolute atomic E-state index is 12.6. The molecule has 3 rings (SSSR count). The zero-order valence-corrected chi connectivity index (χ0v) is 14.9. The van der Waals surface area contributed by atoms with Crippen LogP contribution >= 0.6 is 11.7 Å². The minimum atomic E-state index is -3.93. The molecular formula is C16H15N3O4S2. The molecule has 1 aromatic heterocycles. The van der Waals surface area contributed by atoms with Crippen LogP contribution in [0, 0.1) is 0 Å². The second-order valence-corrected chi connectivity index (χ2v) is 7.54. The van der Waals surface area contributed by atoms with E-state index in [0.29, 0.717) is 5.52 Å². The van der Waals surface area contributed by atoms with E-state index in [1.54, 1.807) is 12.1 Å². The number of hydrogen-bond acceptors (Lipinski definition) is 7. The van der Waals surface area contributed by atoms with E-state index in [9.17, 15) is 13.2 Å². The van der Waals surface area contributed by atoms with Crippen molar-refractivity contribution < 1.29 is 17.9 Å². The van der Waals surface area contributed by atoms with Crippen molar-refractivity contribution in [2.75, 3.05) is 0 Å². The molecule has 25 heavy (non-hydrogen) atoms. The van der Waals surface area contributed by atoms with Crippen molar-refractivity contribution in [2.24, 2.45) is 0 Å². The summed E-state index contributed by atoms with van der Waals surface area (Å²) in [7, 11) is -3.93. The number of hydrogen-bond donors (Lipinski definition) is 1. The number of sulfonamides is 1. The number of esters is 1. The maximum atomic E-state index is 12.6. The first-order valence-electron chi connectivity index (χ1n) is 7.41. The Kier molecular flexibility index (Phi) is 5.07. The SMILES string of the molecule is CC(NS(=O)(=O)c1cccc2nsnc12)C(=O)OCc1ccccc1. The van der Waals surface area contributed by atoms with Gasteiger partial charge in [-0.25, -0.2) is 8.42 Å². The predicted molar refractivity (Wildman–Crippen MR) is 93.4 cm³/mol. The van der Waals surface area contributed by atoms with E-state index in [4.69, 9.17) is 4.74 Å². The molecular weight excluding hydrogens is 362 g/mol. The zero-order valence-electron chi connectivity index (χ0n) is 13.2. The van der Waals surface area contributed by atoms with Gasteiger partial charge in [0, 0.05) is 0 Å². The highest BCUT2D eigenvalue weighted by atomic mass is 32.2. The van der Waals surface area contributed by atoms with Crippen LogP contribution in [-0.2, 0) is 26.2 Å². The molecule has 0 aliphatic carbocycles. The summed E-state index contributed by atoms with van der Waals surface area (Å²) in [6.07, 6.45) is 0. The minimum absolute atomic E-state index is 0.0125. The lowest BCUT2D eigenvalue weighted by Gasteiger charge is -2.14. The summed E-state index contributed by atoms with van der Waals surface area (Å²) in [6.45, 7) is 1.52. The Morgan fingerprint density at radius 2 is 1.92 bits per heavy atom. The summed E-state index contributed by atoms with van der Waals surface area (Å²) >= 11 is 0.930. The number of aromatic nitrogens is 2. The summed E-state index contributed by atoms with van der Waals surface area (Å²) in [4.78, 5) is 12.1. The fourth-order valence-corrected chi connectivity index (χ4v) is 4.15. The maximum Gasteiger partial charge on any atom is 0.324 e. The molecule has 0 bridgehead atoms. The number of carbonyl (C=O) groups is 1. The molecule has 0 spiro atoms. The highest BCUT2D eigenvalue weighted by molar-refractivity contribution is 7.89. The van der Waals surface area contributed by atoms with Crippen molar-refractivity contribution in [3.8, 4) is 0 Å². The van der Waals surface area contributed by atoms with E-state index in [1.807, 2.05) is 30.3 Å². The average molecular weight is 377 g/mol. The molecule has 9 heteroatoms. The summed E-state index contributed by atoms with van der Waals surface area (Å²) in [5, 5.41) is 0. The molecule has 7 nitrogen and oxygen atoms in total. The first-order chi connectivity index (χ1) is 12.0. The molecule has 0 saturated carbocycles. The van der Waals surface area contributed by atoms with Crippen LogP contribution in [0.1, 0.15) is 12.5 Å². The van der Waals surface area contributed by atoms with Gasteiger partial charge in [-0.1, -0.05) is 36.4 Å². The molecule has 130 valence electrons. The standard InChI is InChI=1S/C16H15N3O4S2/c1-11(16(20)23-10-12-6-3-2-4-7-12)19-25(21,22)14-9-5-8-13-15(14)18-24-17-13/h2-9,11,19H,10H2,1H3. The Morgan fingerprint density at radius 1 is 1.16 bits per heavy atom. The zero-order chi connectivity index (χ0) is 17.9. The number of ether oxygens (including phenoxy) is 1. The molecule has 0 fully saturated rings. The average Bonchev–Trinajstić information content (AvgIpc) is 3.08. The third kappa shape index (κ3) is 4.01. The van der Waals surface area contributed by atoms with E-state index in [0.717, 1.165) is 17.3 Å². The van der Waals surface area contributed by atoms with Gasteiger partial charge in [0.2, 0.25) is 10.0 Å².